The van der Waals surface area contributed by atoms with E-state index in [0.717, 1.165) is 12.8 Å². The quantitative estimate of drug-likeness (QED) is 0.309. The number of nitrogens with zero attached hydrogens (tertiary/aromatic N) is 2. The summed E-state index contributed by atoms with van der Waals surface area (Å²) in [6.45, 7) is 4.44. The van der Waals surface area contributed by atoms with Crippen LogP contribution in [-0.4, -0.2) is 86.0 Å². The summed E-state index contributed by atoms with van der Waals surface area (Å²) in [5, 5.41) is 53.4. The largest absolute Gasteiger partial charge is 0.510 e. The first-order valence-corrected chi connectivity index (χ1v) is 13.5. The number of halogens is 1. The zero-order valence-electron chi connectivity index (χ0n) is 23.4. The fourth-order valence-electron chi connectivity index (χ4n) is 7.08. The summed E-state index contributed by atoms with van der Waals surface area (Å²) in [5.41, 5.74) is 1.05. The van der Waals surface area contributed by atoms with Crippen LogP contribution in [0.2, 0.25) is 0 Å². The molecule has 1 aromatic carbocycles. The number of phenols is 1. The van der Waals surface area contributed by atoms with Gasteiger partial charge < -0.3 is 31.6 Å². The van der Waals surface area contributed by atoms with Crippen LogP contribution in [0.15, 0.2) is 23.0 Å². The number of benzene rings is 1. The van der Waals surface area contributed by atoms with Crippen LogP contribution in [-0.2, 0) is 22.6 Å². The lowest BCUT2D eigenvalue weighted by atomic mass is 9.57. The van der Waals surface area contributed by atoms with Crippen molar-refractivity contribution in [3.63, 3.8) is 0 Å². The van der Waals surface area contributed by atoms with E-state index in [2.05, 4.69) is 13.8 Å². The predicted octanol–water partition coefficient (Wildman–Crippen LogP) is 2.17. The van der Waals surface area contributed by atoms with Crippen molar-refractivity contribution in [1.82, 2.24) is 9.80 Å². The third-order valence-electron chi connectivity index (χ3n) is 9.75. The Balaban J connectivity index is 1.61. The second-order valence-electron chi connectivity index (χ2n) is 12.5. The molecule has 1 aromatic rings. The van der Waals surface area contributed by atoms with Gasteiger partial charge in [0.05, 0.1) is 17.3 Å². The summed E-state index contributed by atoms with van der Waals surface area (Å²) in [7, 11) is 5.08. The highest BCUT2D eigenvalue weighted by molar-refractivity contribution is 6.33. The highest BCUT2D eigenvalue weighted by atomic mass is 19.1. The summed E-state index contributed by atoms with van der Waals surface area (Å²) in [4.78, 5) is 29.6. The van der Waals surface area contributed by atoms with Crippen molar-refractivity contribution < 1.29 is 34.4 Å². The maximum Gasteiger partial charge on any atom is 0.254 e. The number of likely N-dealkylation sites (N-methyl/N-ethyl adjacent to an activating group) is 1. The third kappa shape index (κ3) is 3.82. The lowest BCUT2D eigenvalue weighted by Gasteiger charge is -2.51. The highest BCUT2D eigenvalue weighted by Crippen LogP contribution is 2.52. The zero-order valence-corrected chi connectivity index (χ0v) is 23.4. The minimum atomic E-state index is -2.58. The molecule has 4 aliphatic rings. The number of amides is 1. The lowest BCUT2D eigenvalue weighted by molar-refractivity contribution is -0.138. The van der Waals surface area contributed by atoms with E-state index in [4.69, 9.17) is 11.1 Å². The number of carbonyl (C=O) groups excluding carboxylic acids is 2. The lowest BCUT2D eigenvalue weighted by Crippen LogP contribution is -2.67. The number of carbonyl (C=O) groups is 2. The molecular formula is C29H37FN4O6. The highest BCUT2D eigenvalue weighted by Gasteiger charge is 2.63. The minimum Gasteiger partial charge on any atom is -0.510 e. The van der Waals surface area contributed by atoms with Crippen LogP contribution in [0.1, 0.15) is 49.8 Å². The standard InChI is InChI=1S/C29H37FN4O6/c1-28(2,14-6-7-14)34(5)11-13-10-17(35)19-15(21(13)30)8-12-9-16-22(33(3)4)24(37)20(27(32)39)25(31)29(16,40)26(38)18(12)23(19)36/h10,12,14,16,22,31,35-37,40H,6-9,11H2,1-5H3,(H2,32,39)/t12-,16-,22-,29+/m0/s1. The molecule has 0 heterocycles. The van der Waals surface area contributed by atoms with Gasteiger partial charge in [-0.25, -0.2) is 4.39 Å². The monoisotopic (exact) mass is 556 g/mol. The molecule has 0 aliphatic heterocycles. The van der Waals surface area contributed by atoms with Crippen molar-refractivity contribution in [2.24, 2.45) is 23.5 Å². The fourth-order valence-corrected chi connectivity index (χ4v) is 7.08. The number of hydrogen-bond acceptors (Lipinski definition) is 9. The molecule has 4 atom stereocenters. The van der Waals surface area contributed by atoms with E-state index in [1.165, 1.54) is 11.0 Å². The molecule has 2 fully saturated rings. The molecule has 216 valence electrons. The molecule has 0 aromatic heterocycles. The number of nitrogens with one attached hydrogen (secondary N) is 1. The Morgan fingerprint density at radius 2 is 1.85 bits per heavy atom. The van der Waals surface area contributed by atoms with E-state index in [-0.39, 0.29) is 47.2 Å². The minimum absolute atomic E-state index is 0.0125. The Morgan fingerprint density at radius 1 is 1.23 bits per heavy atom. The maximum absolute atomic E-state index is 16.1. The van der Waals surface area contributed by atoms with Crippen molar-refractivity contribution in [3.8, 4) is 5.75 Å². The van der Waals surface area contributed by atoms with E-state index < -0.39 is 69.5 Å². The van der Waals surface area contributed by atoms with Crippen LogP contribution < -0.4 is 5.73 Å². The van der Waals surface area contributed by atoms with Crippen LogP contribution in [0.5, 0.6) is 5.75 Å². The molecule has 0 bridgehead atoms. The van der Waals surface area contributed by atoms with E-state index >= 15 is 4.39 Å². The van der Waals surface area contributed by atoms with E-state index in [0.29, 0.717) is 5.92 Å². The number of rotatable bonds is 6. The summed E-state index contributed by atoms with van der Waals surface area (Å²) >= 11 is 0. The van der Waals surface area contributed by atoms with Gasteiger partial charge in [0.15, 0.2) is 5.60 Å². The van der Waals surface area contributed by atoms with Gasteiger partial charge >= 0.3 is 0 Å². The summed E-state index contributed by atoms with van der Waals surface area (Å²) in [6.07, 6.45) is 2.16. The van der Waals surface area contributed by atoms with Crippen molar-refractivity contribution >= 4 is 23.2 Å². The maximum atomic E-state index is 16.1. The Labute approximate surface area is 232 Å². The number of aromatic hydroxyl groups is 1. The normalized spacial score (nSPS) is 28.7. The van der Waals surface area contributed by atoms with Gasteiger partial charge in [-0.05, 0) is 78.6 Å². The van der Waals surface area contributed by atoms with Gasteiger partial charge in [-0.15, -0.1) is 0 Å². The average Bonchev–Trinajstić information content (AvgIpc) is 3.70. The van der Waals surface area contributed by atoms with Gasteiger partial charge in [0, 0.05) is 34.7 Å². The Bertz CT molecular complexity index is 1410. The van der Waals surface area contributed by atoms with E-state index in [1.54, 1.807) is 14.1 Å². The number of aliphatic hydroxyl groups is 3. The first-order chi connectivity index (χ1) is 18.5. The number of nitrogens with two attached hydrogens (primary N) is 1. The number of hydrogen-bond donors (Lipinski definition) is 6. The zero-order chi connectivity index (χ0) is 29.6. The molecule has 5 rings (SSSR count). The van der Waals surface area contributed by atoms with Crippen molar-refractivity contribution in [2.75, 3.05) is 21.1 Å². The Kier molecular flexibility index (Phi) is 6.44. The molecule has 40 heavy (non-hydrogen) atoms. The second kappa shape index (κ2) is 9.12. The third-order valence-corrected chi connectivity index (χ3v) is 9.75. The van der Waals surface area contributed by atoms with Crippen LogP contribution in [0, 0.1) is 29.0 Å². The Hall–Kier alpha value is -3.28. The summed E-state index contributed by atoms with van der Waals surface area (Å²) in [6, 6.07) is 0.213. The first-order valence-electron chi connectivity index (χ1n) is 13.5. The molecule has 11 heteroatoms. The molecule has 0 saturated heterocycles. The molecule has 2 saturated carbocycles. The van der Waals surface area contributed by atoms with Gasteiger partial charge in [0.25, 0.3) is 5.91 Å². The van der Waals surface area contributed by atoms with Crippen LogP contribution in [0.4, 0.5) is 4.39 Å². The number of aliphatic hydroxyl groups excluding tert-OH is 2. The molecular weight excluding hydrogens is 519 g/mol. The van der Waals surface area contributed by atoms with Gasteiger partial charge in [0.2, 0.25) is 5.78 Å². The van der Waals surface area contributed by atoms with Crippen molar-refractivity contribution in [2.45, 2.75) is 63.3 Å². The topological polar surface area (TPSA) is 171 Å². The SMILES string of the molecule is CN(C)[C@@H]1C(O)=C(C(N)=O)C(=N)[C@@]2(O)C(=O)C3=C(O)c4c(O)cc(CN(C)C(C)(C)C5CC5)c(F)c4C[C@H]3C[C@@H]12. The van der Waals surface area contributed by atoms with Crippen molar-refractivity contribution in [3.05, 3.63) is 45.5 Å². The molecule has 0 spiro atoms. The number of Topliss-reactive ketones (excluding diaryl/α,β-unsaturated/α-hetero) is 1. The van der Waals surface area contributed by atoms with Crippen LogP contribution in [0.3, 0.4) is 0 Å². The molecule has 0 radical (unpaired) electrons. The van der Waals surface area contributed by atoms with Gasteiger partial charge in [0.1, 0.15) is 28.7 Å². The molecule has 1 amide bonds. The fraction of sp³-hybridized carbons (Fsp3) is 0.552. The number of phenolic OH excluding ortho intramolecular Hbond substituents is 1. The van der Waals surface area contributed by atoms with E-state index in [1.807, 2.05) is 11.9 Å². The van der Waals surface area contributed by atoms with E-state index in [9.17, 15) is 30.0 Å². The smallest absolute Gasteiger partial charge is 0.254 e. The van der Waals surface area contributed by atoms with Gasteiger partial charge in [-0.2, -0.15) is 0 Å². The Morgan fingerprint density at radius 3 is 2.40 bits per heavy atom. The molecule has 7 N–H and O–H groups in total. The number of primary amides is 1. The summed E-state index contributed by atoms with van der Waals surface area (Å²) < 4.78 is 16.1. The van der Waals surface area contributed by atoms with Crippen molar-refractivity contribution in [1.29, 1.82) is 5.41 Å². The number of ketones is 1. The predicted molar refractivity (Wildman–Crippen MR) is 145 cm³/mol. The van der Waals surface area contributed by atoms with Crippen LogP contribution in [0.25, 0.3) is 5.76 Å². The molecule has 0 unspecified atom stereocenters. The average molecular weight is 557 g/mol. The van der Waals surface area contributed by atoms with Gasteiger partial charge in [-0.1, -0.05) is 0 Å². The second-order valence-corrected chi connectivity index (χ2v) is 12.5. The number of fused-ring (bicyclic) bond motifs is 3. The van der Waals surface area contributed by atoms with Crippen LogP contribution >= 0.6 is 0 Å². The van der Waals surface area contributed by atoms with Gasteiger partial charge in [-0.3, -0.25) is 19.4 Å². The first kappa shape index (κ1) is 28.3. The molecule has 4 aliphatic carbocycles. The molecule has 10 nitrogen and oxygen atoms in total. The summed E-state index contributed by atoms with van der Waals surface area (Å²) in [5.74, 6) is -5.71.